The van der Waals surface area contributed by atoms with Crippen molar-refractivity contribution >= 4 is 35.5 Å². The normalized spacial score (nSPS) is 13.1. The molecule has 3 aromatic carbocycles. The Labute approximate surface area is 279 Å². The number of carbonyl (C=O) groups is 3. The lowest BCUT2D eigenvalue weighted by molar-refractivity contribution is -0.485. The highest BCUT2D eigenvalue weighted by atomic mass is 32.2. The van der Waals surface area contributed by atoms with E-state index in [2.05, 4.69) is 21.1 Å². The molecule has 0 spiro atoms. The van der Waals surface area contributed by atoms with Gasteiger partial charge < -0.3 is 26.4 Å². The van der Waals surface area contributed by atoms with Crippen molar-refractivity contribution in [3.05, 3.63) is 118 Å². The Hall–Kier alpha value is -4.91. The molecule has 2 unspecified atom stereocenters. The summed E-state index contributed by atoms with van der Waals surface area (Å²) in [4.78, 5) is 49.9. The summed E-state index contributed by atoms with van der Waals surface area (Å²) in [5.41, 5.74) is 7.59. The molecule has 2 amide bonds. The Bertz CT molecular complexity index is 1420. The van der Waals surface area contributed by atoms with Crippen molar-refractivity contribution in [2.24, 2.45) is 10.8 Å². The standard InChI is InChI=1S/C34H42N6O6S/c1-24(41)28(21-14-22-36-31(35)39-40(44)45)37-30(42)29(38-32(43)46-33(2,3)4)23-47-34(25-15-8-5-9-16-25,26-17-10-6-11-18-26)27-19-12-7-13-20-27/h5-13,15-20,28-29H,14,21-23H2,1-4H3,(H,37,42)(H,38,43)(H3,35,36,39). The number of Topliss-reactive ketones (excluding diaryl/α,β-unsaturated/α-hetero) is 1. The maximum atomic E-state index is 13.9. The van der Waals surface area contributed by atoms with Crippen molar-refractivity contribution in [1.29, 1.82) is 0 Å². The molecular formula is C34H42N6O6S. The number of hydrazone groups is 1. The molecule has 250 valence electrons. The van der Waals surface area contributed by atoms with Crippen LogP contribution in [0.25, 0.3) is 0 Å². The number of nitrogens with two attached hydrogens (primary N) is 1. The molecule has 0 aromatic heterocycles. The number of rotatable bonds is 15. The lowest BCUT2D eigenvalue weighted by atomic mass is 9.84. The molecule has 13 heteroatoms. The second-order valence-corrected chi connectivity index (χ2v) is 13.0. The smallest absolute Gasteiger partial charge is 0.408 e. The number of ketones is 1. The van der Waals surface area contributed by atoms with Crippen molar-refractivity contribution < 1.29 is 24.2 Å². The highest BCUT2D eigenvalue weighted by molar-refractivity contribution is 8.00. The van der Waals surface area contributed by atoms with Crippen LogP contribution >= 0.6 is 11.8 Å². The minimum atomic E-state index is -1.09. The molecule has 3 rings (SSSR count). The van der Waals surface area contributed by atoms with Crippen molar-refractivity contribution in [3.8, 4) is 0 Å². The Morgan fingerprint density at radius 3 is 1.79 bits per heavy atom. The first-order valence-corrected chi connectivity index (χ1v) is 16.1. The molecule has 0 aliphatic heterocycles. The van der Waals surface area contributed by atoms with E-state index in [0.717, 1.165) is 16.7 Å². The quantitative estimate of drug-likeness (QED) is 0.0454. The number of nitro groups is 1. The van der Waals surface area contributed by atoms with Crippen LogP contribution in [0.3, 0.4) is 0 Å². The molecule has 0 aliphatic rings. The van der Waals surface area contributed by atoms with E-state index in [0.29, 0.717) is 6.42 Å². The van der Waals surface area contributed by atoms with Gasteiger partial charge in [0, 0.05) is 12.3 Å². The minimum Gasteiger partial charge on any atom is -0.444 e. The van der Waals surface area contributed by atoms with Gasteiger partial charge in [-0.2, -0.15) is 0 Å². The maximum Gasteiger partial charge on any atom is 0.408 e. The lowest BCUT2D eigenvalue weighted by Crippen LogP contribution is -2.53. The summed E-state index contributed by atoms with van der Waals surface area (Å²) in [6.45, 7) is 6.73. The molecule has 0 bridgehead atoms. The number of ether oxygens (including phenoxy) is 1. The van der Waals surface area contributed by atoms with Gasteiger partial charge in [-0.1, -0.05) is 91.0 Å². The van der Waals surface area contributed by atoms with E-state index in [1.165, 1.54) is 18.7 Å². The fraction of sp³-hybridized carbons (Fsp3) is 0.353. The zero-order chi connectivity index (χ0) is 34.5. The molecule has 2 atom stereocenters. The van der Waals surface area contributed by atoms with Gasteiger partial charge in [0.2, 0.25) is 5.91 Å². The summed E-state index contributed by atoms with van der Waals surface area (Å²) in [7, 11) is 0. The zero-order valence-corrected chi connectivity index (χ0v) is 27.8. The number of nitrogens with zero attached hydrogens (tertiary/aromatic N) is 2. The van der Waals surface area contributed by atoms with Crippen LogP contribution in [0.1, 0.15) is 57.2 Å². The number of carbonyl (C=O) groups excluding carboxylic acids is 3. The fourth-order valence-electron chi connectivity index (χ4n) is 4.90. The van der Waals surface area contributed by atoms with Gasteiger partial charge in [-0.15, -0.1) is 11.8 Å². The molecule has 0 fully saturated rings. The number of hydrogen-bond acceptors (Lipinski definition) is 7. The second kappa shape index (κ2) is 17.1. The predicted octanol–water partition coefficient (Wildman–Crippen LogP) is 4.56. The van der Waals surface area contributed by atoms with E-state index >= 15 is 0 Å². The minimum absolute atomic E-state index is 0.115. The molecule has 12 nitrogen and oxygen atoms in total. The van der Waals surface area contributed by atoms with Crippen LogP contribution < -0.4 is 21.7 Å². The van der Waals surface area contributed by atoms with E-state index in [9.17, 15) is 24.5 Å². The number of thioether (sulfide) groups is 1. The van der Waals surface area contributed by atoms with E-state index in [4.69, 9.17) is 10.5 Å². The van der Waals surface area contributed by atoms with Crippen LogP contribution in [-0.4, -0.2) is 58.8 Å². The number of alkyl carbamates (subject to hydrolysis) is 1. The van der Waals surface area contributed by atoms with Crippen LogP contribution in [0.4, 0.5) is 4.79 Å². The van der Waals surface area contributed by atoms with Gasteiger partial charge in [0.15, 0.2) is 10.8 Å². The first kappa shape index (κ1) is 36.6. The van der Waals surface area contributed by atoms with E-state index < -0.39 is 39.5 Å². The highest BCUT2D eigenvalue weighted by Gasteiger charge is 2.39. The number of amides is 2. The lowest BCUT2D eigenvalue weighted by Gasteiger charge is -2.36. The monoisotopic (exact) mass is 662 g/mol. The van der Waals surface area contributed by atoms with Crippen molar-refractivity contribution in [1.82, 2.24) is 16.0 Å². The fourth-order valence-corrected chi connectivity index (χ4v) is 6.46. The maximum absolute atomic E-state index is 13.9. The van der Waals surface area contributed by atoms with Crippen LogP contribution in [0, 0.1) is 10.1 Å². The van der Waals surface area contributed by atoms with Gasteiger partial charge in [-0.05, 0) is 57.2 Å². The average molecular weight is 663 g/mol. The van der Waals surface area contributed by atoms with Gasteiger partial charge in [-0.3, -0.25) is 9.59 Å². The SMILES string of the molecule is CC(=O)C(CCCN/C(N)=N/[N+](=O)[O-])NC(=O)C(CSC(c1ccccc1)(c1ccccc1)c1ccccc1)NC(=O)OC(C)(C)C. The molecule has 5 N–H and O–H groups in total. The Morgan fingerprint density at radius 2 is 1.36 bits per heavy atom. The predicted molar refractivity (Wildman–Crippen MR) is 183 cm³/mol. The summed E-state index contributed by atoms with van der Waals surface area (Å²) in [5.74, 6) is -1.10. The molecule has 0 radical (unpaired) electrons. The summed E-state index contributed by atoms with van der Waals surface area (Å²) >= 11 is 1.48. The third-order valence-corrected chi connectivity index (χ3v) is 8.63. The first-order chi connectivity index (χ1) is 22.3. The summed E-state index contributed by atoms with van der Waals surface area (Å²) in [6.07, 6.45) is -0.211. The summed E-state index contributed by atoms with van der Waals surface area (Å²) in [5, 5.41) is 20.7. The molecule has 0 saturated carbocycles. The summed E-state index contributed by atoms with van der Waals surface area (Å²) < 4.78 is 4.73. The van der Waals surface area contributed by atoms with E-state index in [1.54, 1.807) is 20.8 Å². The van der Waals surface area contributed by atoms with E-state index in [-0.39, 0.29) is 30.5 Å². The first-order valence-electron chi connectivity index (χ1n) is 15.1. The molecule has 47 heavy (non-hydrogen) atoms. The number of benzene rings is 3. The van der Waals surface area contributed by atoms with Crippen molar-refractivity contribution in [2.75, 3.05) is 12.3 Å². The van der Waals surface area contributed by atoms with Crippen molar-refractivity contribution in [3.63, 3.8) is 0 Å². The van der Waals surface area contributed by atoms with Gasteiger partial charge in [0.1, 0.15) is 16.7 Å². The van der Waals surface area contributed by atoms with Gasteiger partial charge in [-0.25, -0.2) is 14.9 Å². The molecule has 0 saturated heterocycles. The highest BCUT2D eigenvalue weighted by Crippen LogP contribution is 2.48. The second-order valence-electron chi connectivity index (χ2n) is 11.8. The molecule has 0 heterocycles. The molecule has 3 aromatic rings. The number of guanidine groups is 1. The topological polar surface area (TPSA) is 178 Å². The van der Waals surface area contributed by atoms with Crippen LogP contribution in [0.15, 0.2) is 96.1 Å². The van der Waals surface area contributed by atoms with Gasteiger partial charge >= 0.3 is 6.09 Å². The Balaban J connectivity index is 1.93. The third-order valence-electron chi connectivity index (χ3n) is 6.99. The molecule has 0 aliphatic carbocycles. The summed E-state index contributed by atoms with van der Waals surface area (Å²) in [6, 6.07) is 27.8. The largest absolute Gasteiger partial charge is 0.444 e. The molecular weight excluding hydrogens is 620 g/mol. The van der Waals surface area contributed by atoms with Gasteiger partial charge in [0.25, 0.3) is 5.96 Å². The van der Waals surface area contributed by atoms with Gasteiger partial charge in [0.05, 0.1) is 10.8 Å². The number of hydrogen-bond donors (Lipinski definition) is 4. The average Bonchev–Trinajstić information content (AvgIpc) is 3.02. The van der Waals surface area contributed by atoms with Crippen molar-refractivity contribution in [2.45, 2.75) is 63.0 Å². The van der Waals surface area contributed by atoms with E-state index in [1.807, 2.05) is 91.0 Å². The Morgan fingerprint density at radius 1 is 0.872 bits per heavy atom. The third kappa shape index (κ3) is 11.1. The zero-order valence-electron chi connectivity index (χ0n) is 27.0. The Kier molecular flexibility index (Phi) is 13.3. The number of nitrogens with one attached hydrogen (secondary N) is 3. The van der Waals surface area contributed by atoms with Crippen LogP contribution in [0.5, 0.6) is 0 Å². The van der Waals surface area contributed by atoms with Crippen LogP contribution in [0.2, 0.25) is 0 Å². The van der Waals surface area contributed by atoms with Crippen LogP contribution in [-0.2, 0) is 19.1 Å².